The summed E-state index contributed by atoms with van der Waals surface area (Å²) in [7, 11) is 0. The number of thioether (sulfide) groups is 1. The van der Waals surface area contributed by atoms with Crippen LogP contribution < -0.4 is 5.06 Å². The standard InChI is InChI=1S/C21H22N2O2S2/c1-2-17-18(20(24)22-13-14-27-21(22)26)19(15-9-5-3-6-10-15)23(25-17)16-11-7-4-8-12-16/h3-12,17-19H,2,13-14H2,1H3/t17-,18-,19+/m0/s1. The van der Waals surface area contributed by atoms with Gasteiger partial charge in [-0.2, -0.15) is 0 Å². The zero-order chi connectivity index (χ0) is 18.8. The van der Waals surface area contributed by atoms with Crippen molar-refractivity contribution in [2.45, 2.75) is 25.5 Å². The maximum absolute atomic E-state index is 13.5. The summed E-state index contributed by atoms with van der Waals surface area (Å²) in [5.41, 5.74) is 2.03. The van der Waals surface area contributed by atoms with Crippen LogP contribution in [0.2, 0.25) is 0 Å². The molecule has 140 valence electrons. The van der Waals surface area contributed by atoms with E-state index < -0.39 is 0 Å². The summed E-state index contributed by atoms with van der Waals surface area (Å²) in [5, 5.41) is 1.92. The zero-order valence-electron chi connectivity index (χ0n) is 15.2. The van der Waals surface area contributed by atoms with Crippen LogP contribution in [-0.2, 0) is 9.63 Å². The molecule has 6 heteroatoms. The Morgan fingerprint density at radius 3 is 2.41 bits per heavy atom. The van der Waals surface area contributed by atoms with Crippen molar-refractivity contribution >= 4 is 39.9 Å². The van der Waals surface area contributed by atoms with E-state index in [1.807, 2.05) is 53.6 Å². The second kappa shape index (κ2) is 8.00. The molecular formula is C21H22N2O2S2. The normalized spacial score (nSPS) is 25.2. The molecule has 0 saturated carbocycles. The van der Waals surface area contributed by atoms with Crippen LogP contribution in [-0.4, -0.2) is 33.5 Å². The smallest absolute Gasteiger partial charge is 0.236 e. The molecule has 0 aromatic heterocycles. The molecule has 2 fully saturated rings. The number of thiocarbonyl (C=S) groups is 1. The molecule has 0 radical (unpaired) electrons. The van der Waals surface area contributed by atoms with Crippen LogP contribution in [0.4, 0.5) is 5.69 Å². The third-order valence-electron chi connectivity index (χ3n) is 5.11. The molecule has 2 saturated heterocycles. The number of rotatable bonds is 4. The van der Waals surface area contributed by atoms with Crippen LogP contribution >= 0.6 is 24.0 Å². The second-order valence-electron chi connectivity index (χ2n) is 6.70. The first-order chi connectivity index (χ1) is 13.2. The van der Waals surface area contributed by atoms with Crippen molar-refractivity contribution in [2.24, 2.45) is 5.92 Å². The lowest BCUT2D eigenvalue weighted by Gasteiger charge is -2.29. The minimum absolute atomic E-state index is 0.0733. The van der Waals surface area contributed by atoms with Crippen molar-refractivity contribution in [3.63, 3.8) is 0 Å². The second-order valence-corrected chi connectivity index (χ2v) is 8.43. The van der Waals surface area contributed by atoms with Gasteiger partial charge in [-0.1, -0.05) is 79.4 Å². The minimum Gasteiger partial charge on any atom is -0.297 e. The lowest BCUT2D eigenvalue weighted by Crippen LogP contribution is -2.41. The van der Waals surface area contributed by atoms with Crippen LogP contribution in [0.25, 0.3) is 0 Å². The van der Waals surface area contributed by atoms with E-state index in [2.05, 4.69) is 19.1 Å². The molecule has 0 aliphatic carbocycles. The average molecular weight is 399 g/mol. The third-order valence-corrected chi connectivity index (χ3v) is 6.54. The number of benzene rings is 2. The molecule has 0 spiro atoms. The third kappa shape index (κ3) is 3.49. The summed E-state index contributed by atoms with van der Waals surface area (Å²) < 4.78 is 0.680. The number of hydroxylamine groups is 1. The quantitative estimate of drug-likeness (QED) is 0.712. The van der Waals surface area contributed by atoms with Gasteiger partial charge >= 0.3 is 0 Å². The Balaban J connectivity index is 1.76. The van der Waals surface area contributed by atoms with Gasteiger partial charge in [0.1, 0.15) is 4.32 Å². The van der Waals surface area contributed by atoms with E-state index in [1.165, 1.54) is 0 Å². The van der Waals surface area contributed by atoms with Gasteiger partial charge < -0.3 is 0 Å². The molecule has 3 atom stereocenters. The fraction of sp³-hybridized carbons (Fsp3) is 0.333. The highest BCUT2D eigenvalue weighted by Crippen LogP contribution is 2.44. The monoisotopic (exact) mass is 398 g/mol. The van der Waals surface area contributed by atoms with Gasteiger partial charge in [-0.15, -0.1) is 0 Å². The first-order valence-corrected chi connectivity index (χ1v) is 10.6. The number of carbonyl (C=O) groups excluding carboxylic acids is 1. The highest BCUT2D eigenvalue weighted by atomic mass is 32.2. The van der Waals surface area contributed by atoms with Crippen LogP contribution in [0.15, 0.2) is 60.7 Å². The lowest BCUT2D eigenvalue weighted by atomic mass is 9.87. The molecule has 2 aliphatic rings. The van der Waals surface area contributed by atoms with Crippen molar-refractivity contribution in [3.8, 4) is 0 Å². The van der Waals surface area contributed by atoms with E-state index in [-0.39, 0.29) is 24.0 Å². The van der Waals surface area contributed by atoms with Crippen molar-refractivity contribution in [2.75, 3.05) is 17.4 Å². The van der Waals surface area contributed by atoms with Crippen molar-refractivity contribution < 1.29 is 9.63 Å². The Labute approximate surface area is 169 Å². The van der Waals surface area contributed by atoms with Gasteiger partial charge in [0.25, 0.3) is 0 Å². The molecule has 1 amide bonds. The SMILES string of the molecule is CC[C@@H]1ON(c2ccccc2)[C@H](c2ccccc2)[C@H]1C(=O)N1CCSC1=S. The predicted molar refractivity (Wildman–Crippen MR) is 114 cm³/mol. The molecule has 2 aliphatic heterocycles. The summed E-state index contributed by atoms with van der Waals surface area (Å²) in [4.78, 5) is 21.6. The first-order valence-electron chi connectivity index (χ1n) is 9.25. The Hall–Kier alpha value is -1.89. The summed E-state index contributed by atoms with van der Waals surface area (Å²) >= 11 is 7.00. The Morgan fingerprint density at radius 1 is 1.15 bits per heavy atom. The van der Waals surface area contributed by atoms with Gasteiger partial charge in [0.2, 0.25) is 5.91 Å². The van der Waals surface area contributed by atoms with Gasteiger partial charge in [-0.25, -0.2) is 5.06 Å². The van der Waals surface area contributed by atoms with Crippen LogP contribution in [0.1, 0.15) is 24.9 Å². The van der Waals surface area contributed by atoms with Crippen molar-refractivity contribution in [3.05, 3.63) is 66.2 Å². The van der Waals surface area contributed by atoms with Crippen LogP contribution in [0.5, 0.6) is 0 Å². The molecule has 2 heterocycles. The largest absolute Gasteiger partial charge is 0.297 e. The van der Waals surface area contributed by atoms with Gasteiger partial charge in [0.15, 0.2) is 0 Å². The van der Waals surface area contributed by atoms with E-state index in [4.69, 9.17) is 17.1 Å². The topological polar surface area (TPSA) is 32.8 Å². The number of carbonyl (C=O) groups is 1. The molecule has 27 heavy (non-hydrogen) atoms. The van der Waals surface area contributed by atoms with Crippen molar-refractivity contribution in [1.29, 1.82) is 0 Å². The number of hydrogen-bond donors (Lipinski definition) is 0. The molecule has 0 bridgehead atoms. The number of nitrogens with zero attached hydrogens (tertiary/aromatic N) is 2. The average Bonchev–Trinajstić information content (AvgIpc) is 3.32. The van der Waals surface area contributed by atoms with Gasteiger partial charge in [-0.05, 0) is 24.1 Å². The minimum atomic E-state index is -0.297. The molecular weight excluding hydrogens is 376 g/mol. The van der Waals surface area contributed by atoms with Gasteiger partial charge in [-0.3, -0.25) is 14.5 Å². The maximum atomic E-state index is 13.5. The summed E-state index contributed by atoms with van der Waals surface area (Å²) in [6, 6.07) is 20.0. The molecule has 2 aromatic rings. The van der Waals surface area contributed by atoms with Crippen LogP contribution in [0.3, 0.4) is 0 Å². The molecule has 2 aromatic carbocycles. The Morgan fingerprint density at radius 2 is 1.81 bits per heavy atom. The lowest BCUT2D eigenvalue weighted by molar-refractivity contribution is -0.133. The van der Waals surface area contributed by atoms with E-state index in [9.17, 15) is 4.79 Å². The van der Waals surface area contributed by atoms with E-state index >= 15 is 0 Å². The van der Waals surface area contributed by atoms with Gasteiger partial charge in [0.05, 0.1) is 23.8 Å². The highest BCUT2D eigenvalue weighted by molar-refractivity contribution is 8.23. The Bertz CT molecular complexity index is 815. The highest BCUT2D eigenvalue weighted by Gasteiger charge is 2.49. The first kappa shape index (κ1) is 18.5. The van der Waals surface area contributed by atoms with Crippen LogP contribution in [0, 0.1) is 5.92 Å². The maximum Gasteiger partial charge on any atom is 0.236 e. The molecule has 4 nitrogen and oxygen atoms in total. The van der Waals surface area contributed by atoms with Crippen molar-refractivity contribution in [1.82, 2.24) is 4.90 Å². The number of para-hydroxylation sites is 1. The number of amides is 1. The summed E-state index contributed by atoms with van der Waals surface area (Å²) in [5.74, 6) is 0.645. The summed E-state index contributed by atoms with van der Waals surface area (Å²) in [6.07, 6.45) is 0.577. The van der Waals surface area contributed by atoms with E-state index in [0.29, 0.717) is 10.9 Å². The Kier molecular flexibility index (Phi) is 5.48. The van der Waals surface area contributed by atoms with E-state index in [1.54, 1.807) is 16.7 Å². The van der Waals surface area contributed by atoms with Gasteiger partial charge in [0, 0.05) is 12.3 Å². The number of hydrogen-bond acceptors (Lipinski definition) is 5. The fourth-order valence-electron chi connectivity index (χ4n) is 3.81. The molecule has 4 rings (SSSR count). The van der Waals surface area contributed by atoms with E-state index in [0.717, 1.165) is 23.4 Å². The predicted octanol–water partition coefficient (Wildman–Crippen LogP) is 4.43. The fourth-order valence-corrected chi connectivity index (χ4v) is 5.03. The number of anilines is 1. The zero-order valence-corrected chi connectivity index (χ0v) is 16.8. The molecule has 0 N–H and O–H groups in total. The molecule has 0 unspecified atom stereocenters. The summed E-state index contributed by atoms with van der Waals surface area (Å²) in [6.45, 7) is 2.75.